The summed E-state index contributed by atoms with van der Waals surface area (Å²) in [5, 5.41) is 13.4. The van der Waals surface area contributed by atoms with E-state index in [2.05, 4.69) is 5.10 Å². The standard InChI is InChI=1S/C9H14N4O2/c1-9(15)4-13(5-9)8(14)7-6(10)3-11-12(7)2/h3,15H,4-5,10H2,1-2H3. The van der Waals surface area contributed by atoms with Crippen LogP contribution in [-0.2, 0) is 7.05 Å². The minimum absolute atomic E-state index is 0.181. The summed E-state index contributed by atoms with van der Waals surface area (Å²) < 4.78 is 1.45. The molecule has 2 rings (SSSR count). The summed E-state index contributed by atoms with van der Waals surface area (Å²) in [6.45, 7) is 2.39. The molecule has 0 bridgehead atoms. The van der Waals surface area contributed by atoms with Crippen molar-refractivity contribution >= 4 is 11.6 Å². The van der Waals surface area contributed by atoms with Crippen molar-refractivity contribution in [1.82, 2.24) is 14.7 Å². The largest absolute Gasteiger partial charge is 0.396 e. The smallest absolute Gasteiger partial charge is 0.274 e. The molecule has 1 amide bonds. The molecule has 0 aliphatic carbocycles. The zero-order valence-electron chi connectivity index (χ0n) is 8.77. The number of amides is 1. The lowest BCUT2D eigenvalue weighted by atomic mass is 9.96. The van der Waals surface area contributed by atoms with Crippen molar-refractivity contribution < 1.29 is 9.90 Å². The molecule has 15 heavy (non-hydrogen) atoms. The molecule has 1 aromatic heterocycles. The molecule has 0 aromatic carbocycles. The van der Waals surface area contributed by atoms with Gasteiger partial charge in [0.2, 0.25) is 0 Å². The van der Waals surface area contributed by atoms with Crippen LogP contribution >= 0.6 is 0 Å². The topological polar surface area (TPSA) is 84.4 Å². The number of carbonyl (C=O) groups is 1. The highest BCUT2D eigenvalue weighted by Gasteiger charge is 2.40. The van der Waals surface area contributed by atoms with Crippen LogP contribution in [0.4, 0.5) is 5.69 Å². The lowest BCUT2D eigenvalue weighted by Gasteiger charge is -2.44. The van der Waals surface area contributed by atoms with Crippen molar-refractivity contribution in [2.75, 3.05) is 18.8 Å². The molecule has 0 unspecified atom stereocenters. The maximum atomic E-state index is 11.9. The molecule has 0 radical (unpaired) electrons. The van der Waals surface area contributed by atoms with Crippen LogP contribution in [0.5, 0.6) is 0 Å². The Kier molecular flexibility index (Phi) is 1.97. The number of likely N-dealkylation sites (tertiary alicyclic amines) is 1. The van der Waals surface area contributed by atoms with Gasteiger partial charge in [-0.2, -0.15) is 5.10 Å². The van der Waals surface area contributed by atoms with Crippen molar-refractivity contribution in [3.63, 3.8) is 0 Å². The van der Waals surface area contributed by atoms with E-state index in [9.17, 15) is 9.90 Å². The highest BCUT2D eigenvalue weighted by atomic mass is 16.3. The minimum Gasteiger partial charge on any atom is -0.396 e. The molecular formula is C9H14N4O2. The van der Waals surface area contributed by atoms with E-state index in [0.717, 1.165) is 0 Å². The Labute approximate surface area is 87.3 Å². The van der Waals surface area contributed by atoms with Crippen molar-refractivity contribution in [3.05, 3.63) is 11.9 Å². The number of aromatic nitrogens is 2. The molecular weight excluding hydrogens is 196 g/mol. The van der Waals surface area contributed by atoms with Crippen LogP contribution in [0.2, 0.25) is 0 Å². The third kappa shape index (κ3) is 1.56. The van der Waals surface area contributed by atoms with Crippen LogP contribution in [0.3, 0.4) is 0 Å². The number of nitrogens with zero attached hydrogens (tertiary/aromatic N) is 3. The van der Waals surface area contributed by atoms with Gasteiger partial charge in [-0.05, 0) is 6.92 Å². The van der Waals surface area contributed by atoms with E-state index in [1.165, 1.54) is 10.9 Å². The molecule has 0 spiro atoms. The number of anilines is 1. The number of aryl methyl sites for hydroxylation is 1. The van der Waals surface area contributed by atoms with Crippen molar-refractivity contribution in [1.29, 1.82) is 0 Å². The average Bonchev–Trinajstić information content (AvgIpc) is 2.41. The first-order valence-electron chi connectivity index (χ1n) is 4.70. The van der Waals surface area contributed by atoms with E-state index in [4.69, 9.17) is 5.73 Å². The molecule has 2 heterocycles. The van der Waals surface area contributed by atoms with Gasteiger partial charge in [-0.25, -0.2) is 0 Å². The van der Waals surface area contributed by atoms with Crippen LogP contribution in [0, 0.1) is 0 Å². The van der Waals surface area contributed by atoms with Gasteiger partial charge >= 0.3 is 0 Å². The molecule has 1 aliphatic rings. The normalized spacial score (nSPS) is 18.7. The quantitative estimate of drug-likeness (QED) is 0.636. The second-order valence-corrected chi connectivity index (χ2v) is 4.23. The first-order valence-corrected chi connectivity index (χ1v) is 4.70. The molecule has 1 aliphatic heterocycles. The highest BCUT2D eigenvalue weighted by Crippen LogP contribution is 2.23. The molecule has 6 nitrogen and oxygen atoms in total. The summed E-state index contributed by atoms with van der Waals surface area (Å²) in [6.07, 6.45) is 1.45. The van der Waals surface area contributed by atoms with Crippen LogP contribution in [0.1, 0.15) is 17.4 Å². The maximum absolute atomic E-state index is 11.9. The molecule has 0 saturated carbocycles. The summed E-state index contributed by atoms with van der Waals surface area (Å²) in [6, 6.07) is 0. The van der Waals surface area contributed by atoms with Gasteiger partial charge in [-0.3, -0.25) is 9.48 Å². The van der Waals surface area contributed by atoms with E-state index in [-0.39, 0.29) is 5.91 Å². The number of hydrogen-bond donors (Lipinski definition) is 2. The van der Waals surface area contributed by atoms with Gasteiger partial charge in [0, 0.05) is 7.05 Å². The first kappa shape index (κ1) is 9.97. The van der Waals surface area contributed by atoms with E-state index < -0.39 is 5.60 Å². The number of aliphatic hydroxyl groups is 1. The summed E-state index contributed by atoms with van der Waals surface area (Å²) in [7, 11) is 1.67. The van der Waals surface area contributed by atoms with E-state index in [1.54, 1.807) is 18.9 Å². The van der Waals surface area contributed by atoms with Gasteiger partial charge in [0.05, 0.1) is 30.6 Å². The minimum atomic E-state index is -0.761. The third-order valence-corrected chi connectivity index (χ3v) is 2.52. The van der Waals surface area contributed by atoms with Crippen LogP contribution in [-0.4, -0.2) is 44.4 Å². The van der Waals surface area contributed by atoms with Crippen LogP contribution < -0.4 is 5.73 Å². The van der Waals surface area contributed by atoms with Crippen molar-refractivity contribution in [2.24, 2.45) is 7.05 Å². The predicted molar refractivity (Wildman–Crippen MR) is 54.1 cm³/mol. The van der Waals surface area contributed by atoms with E-state index >= 15 is 0 Å². The lowest BCUT2D eigenvalue weighted by Crippen LogP contribution is -2.61. The van der Waals surface area contributed by atoms with Crippen molar-refractivity contribution in [3.8, 4) is 0 Å². The number of hydrogen-bond acceptors (Lipinski definition) is 4. The maximum Gasteiger partial charge on any atom is 0.274 e. The van der Waals surface area contributed by atoms with Gasteiger partial charge < -0.3 is 15.7 Å². The fraction of sp³-hybridized carbons (Fsp3) is 0.556. The Hall–Kier alpha value is -1.56. The molecule has 0 atom stereocenters. The van der Waals surface area contributed by atoms with E-state index in [0.29, 0.717) is 24.5 Å². The summed E-state index contributed by atoms with van der Waals surface area (Å²) >= 11 is 0. The van der Waals surface area contributed by atoms with E-state index in [1.807, 2.05) is 0 Å². The van der Waals surface area contributed by atoms with Crippen LogP contribution in [0.15, 0.2) is 6.20 Å². The fourth-order valence-corrected chi connectivity index (χ4v) is 1.79. The second-order valence-electron chi connectivity index (χ2n) is 4.23. The number of nitrogens with two attached hydrogens (primary N) is 1. The first-order chi connectivity index (χ1) is 6.91. The lowest BCUT2D eigenvalue weighted by molar-refractivity contribution is -0.0672. The third-order valence-electron chi connectivity index (χ3n) is 2.52. The Balaban J connectivity index is 2.17. The summed E-state index contributed by atoms with van der Waals surface area (Å²) in [5.74, 6) is -0.181. The Morgan fingerprint density at radius 3 is 2.67 bits per heavy atom. The zero-order valence-corrected chi connectivity index (χ0v) is 8.77. The fourth-order valence-electron chi connectivity index (χ4n) is 1.79. The van der Waals surface area contributed by atoms with Crippen LogP contribution in [0.25, 0.3) is 0 Å². The molecule has 3 N–H and O–H groups in total. The number of rotatable bonds is 1. The Morgan fingerprint density at radius 2 is 2.27 bits per heavy atom. The molecule has 1 saturated heterocycles. The van der Waals surface area contributed by atoms with Gasteiger partial charge in [0.25, 0.3) is 5.91 Å². The molecule has 6 heteroatoms. The second kappa shape index (κ2) is 2.96. The zero-order chi connectivity index (χ0) is 11.2. The number of β-amino-alcohol motifs (C(OH)–C–C–N with tert-alkyl or cyclic N) is 1. The monoisotopic (exact) mass is 210 g/mol. The van der Waals surface area contributed by atoms with Gasteiger partial charge in [0.1, 0.15) is 5.69 Å². The Bertz CT molecular complexity index is 383. The molecule has 1 aromatic rings. The number of nitrogen functional groups attached to an aromatic ring is 1. The number of carbonyl (C=O) groups excluding carboxylic acids is 1. The average molecular weight is 210 g/mol. The predicted octanol–water partition coefficient (Wildman–Crippen LogP) is -0.791. The van der Waals surface area contributed by atoms with Gasteiger partial charge in [-0.1, -0.05) is 0 Å². The summed E-state index contributed by atoms with van der Waals surface area (Å²) in [5.41, 5.74) is 5.62. The van der Waals surface area contributed by atoms with Gasteiger partial charge in [-0.15, -0.1) is 0 Å². The summed E-state index contributed by atoms with van der Waals surface area (Å²) in [4.78, 5) is 13.4. The van der Waals surface area contributed by atoms with Crippen molar-refractivity contribution in [2.45, 2.75) is 12.5 Å². The molecule has 1 fully saturated rings. The Morgan fingerprint density at radius 1 is 1.67 bits per heavy atom. The highest BCUT2D eigenvalue weighted by molar-refractivity contribution is 5.97. The molecule has 82 valence electrons. The van der Waals surface area contributed by atoms with Gasteiger partial charge in [0.15, 0.2) is 0 Å². The SMILES string of the molecule is Cn1ncc(N)c1C(=O)N1CC(C)(O)C1.